The van der Waals surface area contributed by atoms with Gasteiger partial charge in [-0.25, -0.2) is 13.3 Å². The first-order valence-electron chi connectivity index (χ1n) is 3.95. The molecule has 0 radical (unpaired) electrons. The molecule has 6 heteroatoms. The molecule has 0 aliphatic rings. The summed E-state index contributed by atoms with van der Waals surface area (Å²) in [6, 6.07) is 2.39. The number of nitrogens with zero attached hydrogens (tertiary/aromatic N) is 2. The summed E-state index contributed by atoms with van der Waals surface area (Å²) < 4.78 is 26.0. The van der Waals surface area contributed by atoms with Crippen molar-refractivity contribution in [1.82, 2.24) is 14.6 Å². The molecule has 2 heterocycles. The zero-order valence-corrected chi connectivity index (χ0v) is 7.29. The van der Waals surface area contributed by atoms with E-state index in [2.05, 4.69) is 10.1 Å². The van der Waals surface area contributed by atoms with Crippen LogP contribution in [0.4, 0.5) is 8.78 Å². The van der Waals surface area contributed by atoms with Gasteiger partial charge in [0.05, 0.1) is 5.69 Å². The van der Waals surface area contributed by atoms with Gasteiger partial charge in [-0.3, -0.25) is 4.79 Å². The monoisotopic (exact) mass is 199 g/mol. The van der Waals surface area contributed by atoms with Gasteiger partial charge in [0.1, 0.15) is 11.3 Å². The number of hydrogen-bond acceptors (Lipinski definition) is 2. The first-order chi connectivity index (χ1) is 6.58. The van der Waals surface area contributed by atoms with Crippen molar-refractivity contribution in [3.8, 4) is 0 Å². The maximum atomic E-state index is 12.5. The van der Waals surface area contributed by atoms with Crippen molar-refractivity contribution in [3.05, 3.63) is 33.9 Å². The Bertz CT molecular complexity index is 529. The second-order valence-electron chi connectivity index (χ2n) is 2.94. The Balaban J connectivity index is 2.86. The van der Waals surface area contributed by atoms with Crippen LogP contribution >= 0.6 is 0 Å². The molecule has 0 fully saturated rings. The number of H-pyrrole nitrogens is 1. The van der Waals surface area contributed by atoms with Crippen molar-refractivity contribution >= 4 is 5.65 Å². The predicted molar refractivity (Wildman–Crippen MR) is 45.5 cm³/mol. The highest BCUT2D eigenvalue weighted by atomic mass is 19.3. The van der Waals surface area contributed by atoms with Crippen LogP contribution in [0.25, 0.3) is 5.65 Å². The molecule has 2 rings (SSSR count). The summed E-state index contributed by atoms with van der Waals surface area (Å²) in [5, 5.41) is 3.84. The average Bonchev–Trinajstić information content (AvgIpc) is 2.42. The van der Waals surface area contributed by atoms with Crippen molar-refractivity contribution in [2.75, 3.05) is 0 Å². The van der Waals surface area contributed by atoms with E-state index in [4.69, 9.17) is 0 Å². The van der Waals surface area contributed by atoms with Gasteiger partial charge in [0.2, 0.25) is 0 Å². The third-order valence-corrected chi connectivity index (χ3v) is 1.83. The van der Waals surface area contributed by atoms with E-state index in [0.717, 1.165) is 10.6 Å². The lowest BCUT2D eigenvalue weighted by molar-refractivity contribution is 0.143. The van der Waals surface area contributed by atoms with Crippen LogP contribution in [0.1, 0.15) is 17.8 Å². The number of alkyl halides is 2. The van der Waals surface area contributed by atoms with Crippen molar-refractivity contribution in [2.45, 2.75) is 13.3 Å². The molecule has 0 saturated heterocycles. The smallest absolute Gasteiger partial charge is 0.280 e. The van der Waals surface area contributed by atoms with Gasteiger partial charge in [-0.2, -0.15) is 5.10 Å². The summed E-state index contributed by atoms with van der Waals surface area (Å²) in [6.07, 6.45) is -2.71. The summed E-state index contributed by atoms with van der Waals surface area (Å²) in [5.74, 6) is 0. The van der Waals surface area contributed by atoms with Crippen LogP contribution in [0.2, 0.25) is 0 Å². The van der Waals surface area contributed by atoms with Gasteiger partial charge in [-0.1, -0.05) is 0 Å². The molecule has 0 unspecified atom stereocenters. The molecular formula is C8H7F2N3O. The Hall–Kier alpha value is -1.72. The van der Waals surface area contributed by atoms with E-state index in [9.17, 15) is 13.6 Å². The number of rotatable bonds is 1. The SMILES string of the molecule is Cc1cc2[nH]c(=O)cc(C(F)F)n2n1. The number of aromatic nitrogens is 3. The van der Waals surface area contributed by atoms with E-state index in [1.165, 1.54) is 6.07 Å². The summed E-state index contributed by atoms with van der Waals surface area (Å²) in [6.45, 7) is 1.67. The third-order valence-electron chi connectivity index (χ3n) is 1.83. The standard InChI is InChI=1S/C8H7F2N3O/c1-4-2-6-11-7(14)3-5(8(9)10)13(6)12-4/h2-3,8H,1H3,(H,11,14). The summed E-state index contributed by atoms with van der Waals surface area (Å²) >= 11 is 0. The van der Waals surface area contributed by atoms with Gasteiger partial charge in [0.25, 0.3) is 12.0 Å². The van der Waals surface area contributed by atoms with Crippen LogP contribution in [-0.2, 0) is 0 Å². The topological polar surface area (TPSA) is 50.2 Å². The Morgan fingerprint density at radius 3 is 2.86 bits per heavy atom. The number of nitrogens with one attached hydrogen (secondary N) is 1. The van der Waals surface area contributed by atoms with E-state index in [0.29, 0.717) is 5.69 Å². The minimum Gasteiger partial charge on any atom is -0.307 e. The molecule has 0 amide bonds. The second kappa shape index (κ2) is 2.90. The fourth-order valence-electron chi connectivity index (χ4n) is 1.30. The summed E-state index contributed by atoms with van der Waals surface area (Å²) in [5.41, 5.74) is -0.0800. The number of hydrogen-bond donors (Lipinski definition) is 1. The molecule has 0 bridgehead atoms. The van der Waals surface area contributed by atoms with Crippen LogP contribution in [0.3, 0.4) is 0 Å². The van der Waals surface area contributed by atoms with E-state index in [-0.39, 0.29) is 5.65 Å². The fraction of sp³-hybridized carbons (Fsp3) is 0.250. The van der Waals surface area contributed by atoms with Crippen LogP contribution in [0, 0.1) is 6.92 Å². The molecule has 0 aliphatic heterocycles. The van der Waals surface area contributed by atoms with Crippen LogP contribution in [0.5, 0.6) is 0 Å². The van der Waals surface area contributed by atoms with E-state index >= 15 is 0 Å². The van der Waals surface area contributed by atoms with Gasteiger partial charge in [0, 0.05) is 12.1 Å². The molecule has 0 aromatic carbocycles. The number of aryl methyl sites for hydroxylation is 1. The van der Waals surface area contributed by atoms with Gasteiger partial charge >= 0.3 is 0 Å². The highest BCUT2D eigenvalue weighted by Crippen LogP contribution is 2.17. The lowest BCUT2D eigenvalue weighted by atomic mass is 10.4. The first-order valence-corrected chi connectivity index (χ1v) is 3.95. The number of halogens is 2. The number of fused-ring (bicyclic) bond motifs is 1. The molecule has 14 heavy (non-hydrogen) atoms. The Morgan fingerprint density at radius 2 is 2.21 bits per heavy atom. The van der Waals surface area contributed by atoms with Crippen LogP contribution in [0.15, 0.2) is 16.9 Å². The zero-order chi connectivity index (χ0) is 10.3. The average molecular weight is 199 g/mol. The third kappa shape index (κ3) is 1.28. The normalized spacial score (nSPS) is 11.4. The molecule has 4 nitrogen and oxygen atoms in total. The van der Waals surface area contributed by atoms with Gasteiger partial charge in [0.15, 0.2) is 0 Å². The fourth-order valence-corrected chi connectivity index (χ4v) is 1.30. The molecule has 0 spiro atoms. The largest absolute Gasteiger partial charge is 0.307 e. The van der Waals surface area contributed by atoms with Gasteiger partial charge < -0.3 is 4.98 Å². The summed E-state index contributed by atoms with van der Waals surface area (Å²) in [4.78, 5) is 13.4. The lowest BCUT2D eigenvalue weighted by Gasteiger charge is -2.01. The molecule has 74 valence electrons. The Morgan fingerprint density at radius 1 is 1.50 bits per heavy atom. The Kier molecular flexibility index (Phi) is 1.83. The molecule has 1 N–H and O–H groups in total. The maximum absolute atomic E-state index is 12.5. The molecular weight excluding hydrogens is 192 g/mol. The lowest BCUT2D eigenvalue weighted by Crippen LogP contribution is -2.11. The van der Waals surface area contributed by atoms with Crippen molar-refractivity contribution in [1.29, 1.82) is 0 Å². The first kappa shape index (κ1) is 8.86. The van der Waals surface area contributed by atoms with E-state index in [1.807, 2.05) is 0 Å². The quantitative estimate of drug-likeness (QED) is 0.751. The number of aromatic amines is 1. The highest BCUT2D eigenvalue weighted by molar-refractivity contribution is 5.39. The maximum Gasteiger partial charge on any atom is 0.280 e. The highest BCUT2D eigenvalue weighted by Gasteiger charge is 2.14. The molecule has 0 atom stereocenters. The zero-order valence-electron chi connectivity index (χ0n) is 7.29. The Labute approximate surface area is 77.2 Å². The molecule has 0 aliphatic carbocycles. The van der Waals surface area contributed by atoms with Gasteiger partial charge in [-0.15, -0.1) is 0 Å². The molecule has 2 aromatic heterocycles. The second-order valence-corrected chi connectivity index (χ2v) is 2.94. The van der Waals surface area contributed by atoms with E-state index in [1.54, 1.807) is 6.92 Å². The van der Waals surface area contributed by atoms with E-state index < -0.39 is 17.7 Å². The summed E-state index contributed by atoms with van der Waals surface area (Å²) in [7, 11) is 0. The van der Waals surface area contributed by atoms with Crippen molar-refractivity contribution in [2.24, 2.45) is 0 Å². The molecule has 0 saturated carbocycles. The van der Waals surface area contributed by atoms with Crippen molar-refractivity contribution < 1.29 is 8.78 Å². The molecule has 2 aromatic rings. The van der Waals surface area contributed by atoms with Gasteiger partial charge in [-0.05, 0) is 6.92 Å². The predicted octanol–water partition coefficient (Wildman–Crippen LogP) is 1.27. The minimum absolute atomic E-state index is 0.283. The van der Waals surface area contributed by atoms with Crippen LogP contribution < -0.4 is 5.56 Å². The van der Waals surface area contributed by atoms with Crippen molar-refractivity contribution in [3.63, 3.8) is 0 Å². The van der Waals surface area contributed by atoms with Crippen LogP contribution in [-0.4, -0.2) is 14.6 Å². The minimum atomic E-state index is -2.71.